The van der Waals surface area contributed by atoms with E-state index in [0.717, 1.165) is 16.5 Å². The number of ketones is 1. The second-order valence-electron chi connectivity index (χ2n) is 3.63. The average Bonchev–Trinajstić information content (AvgIpc) is 2.61. The van der Waals surface area contributed by atoms with E-state index in [4.69, 9.17) is 5.73 Å². The third-order valence-electron chi connectivity index (χ3n) is 2.60. The fourth-order valence-electron chi connectivity index (χ4n) is 1.81. The van der Waals surface area contributed by atoms with Crippen molar-refractivity contribution >= 4 is 16.7 Å². The van der Waals surface area contributed by atoms with Crippen LogP contribution in [0.25, 0.3) is 10.9 Å². The minimum atomic E-state index is 0.120. The molecule has 0 bridgehead atoms. The Balaban J connectivity index is 2.56. The van der Waals surface area contributed by atoms with Gasteiger partial charge >= 0.3 is 0 Å². The molecule has 1 heterocycles. The quantitative estimate of drug-likeness (QED) is 0.770. The molecular formula is C12H14N2O. The van der Waals surface area contributed by atoms with Crippen molar-refractivity contribution in [1.29, 1.82) is 0 Å². The van der Waals surface area contributed by atoms with Crippen LogP contribution in [0.4, 0.5) is 0 Å². The number of rotatable bonds is 3. The molecule has 0 amide bonds. The summed E-state index contributed by atoms with van der Waals surface area (Å²) in [6, 6.07) is 7.75. The van der Waals surface area contributed by atoms with Crippen molar-refractivity contribution in [3.05, 3.63) is 36.0 Å². The summed E-state index contributed by atoms with van der Waals surface area (Å²) in [5, 5.41) is 1.01. The first-order valence-corrected chi connectivity index (χ1v) is 5.01. The number of nitrogens with two attached hydrogens (primary N) is 1. The van der Waals surface area contributed by atoms with Crippen LogP contribution < -0.4 is 5.73 Å². The fraction of sp³-hybridized carbons (Fsp3) is 0.250. The van der Waals surface area contributed by atoms with Crippen LogP contribution in [-0.2, 0) is 7.05 Å². The first kappa shape index (κ1) is 9.93. The zero-order chi connectivity index (χ0) is 10.8. The van der Waals surface area contributed by atoms with Gasteiger partial charge in [0.1, 0.15) is 0 Å². The number of hydrogen-bond donors (Lipinski definition) is 1. The van der Waals surface area contributed by atoms with Crippen molar-refractivity contribution in [2.75, 3.05) is 6.54 Å². The van der Waals surface area contributed by atoms with Crippen LogP contribution in [0.5, 0.6) is 0 Å². The molecule has 1 aromatic carbocycles. The molecule has 3 heteroatoms. The molecule has 0 saturated carbocycles. The number of carbonyl (C=O) groups is 1. The van der Waals surface area contributed by atoms with Crippen molar-refractivity contribution in [2.24, 2.45) is 12.8 Å². The Morgan fingerprint density at radius 2 is 2.20 bits per heavy atom. The second-order valence-corrected chi connectivity index (χ2v) is 3.63. The Morgan fingerprint density at radius 1 is 1.40 bits per heavy atom. The Labute approximate surface area is 88.5 Å². The monoisotopic (exact) mass is 202 g/mol. The molecular weight excluding hydrogens is 188 g/mol. The van der Waals surface area contributed by atoms with Gasteiger partial charge in [0.15, 0.2) is 5.78 Å². The van der Waals surface area contributed by atoms with Gasteiger partial charge in [0.05, 0.1) is 0 Å². The van der Waals surface area contributed by atoms with E-state index in [0.29, 0.717) is 13.0 Å². The summed E-state index contributed by atoms with van der Waals surface area (Å²) in [6.45, 7) is 0.405. The maximum absolute atomic E-state index is 11.8. The van der Waals surface area contributed by atoms with E-state index in [1.807, 2.05) is 42.1 Å². The summed E-state index contributed by atoms with van der Waals surface area (Å²) in [5.41, 5.74) is 7.25. The van der Waals surface area contributed by atoms with E-state index >= 15 is 0 Å². The lowest BCUT2D eigenvalue weighted by atomic mass is 10.0. The van der Waals surface area contributed by atoms with Crippen LogP contribution in [0.3, 0.4) is 0 Å². The topological polar surface area (TPSA) is 48.0 Å². The largest absolute Gasteiger partial charge is 0.351 e. The van der Waals surface area contributed by atoms with Crippen molar-refractivity contribution in [1.82, 2.24) is 4.57 Å². The highest BCUT2D eigenvalue weighted by molar-refractivity contribution is 6.07. The molecule has 0 fully saturated rings. The van der Waals surface area contributed by atoms with Crippen LogP contribution in [0.15, 0.2) is 30.5 Å². The van der Waals surface area contributed by atoms with Gasteiger partial charge in [-0.1, -0.05) is 12.1 Å². The predicted octanol–water partition coefficient (Wildman–Crippen LogP) is 1.71. The smallest absolute Gasteiger partial charge is 0.164 e. The maximum Gasteiger partial charge on any atom is 0.164 e. The van der Waals surface area contributed by atoms with Gasteiger partial charge in [-0.15, -0.1) is 0 Å². The number of aryl methyl sites for hydroxylation is 1. The zero-order valence-electron chi connectivity index (χ0n) is 8.73. The van der Waals surface area contributed by atoms with E-state index in [9.17, 15) is 4.79 Å². The molecule has 0 aliphatic heterocycles. The standard InChI is InChI=1S/C12H14N2O/c1-14-8-6-9-10(12(15)5-7-13)3-2-4-11(9)14/h2-4,6,8H,5,7,13H2,1H3. The molecule has 2 N–H and O–H groups in total. The van der Waals surface area contributed by atoms with Gasteiger partial charge < -0.3 is 10.3 Å². The molecule has 0 radical (unpaired) electrons. The third kappa shape index (κ3) is 1.66. The highest BCUT2D eigenvalue weighted by Gasteiger charge is 2.10. The molecule has 0 atom stereocenters. The molecule has 0 unspecified atom stereocenters. The average molecular weight is 202 g/mol. The van der Waals surface area contributed by atoms with Crippen molar-refractivity contribution in [3.63, 3.8) is 0 Å². The van der Waals surface area contributed by atoms with Gasteiger partial charge in [-0.3, -0.25) is 4.79 Å². The number of aromatic nitrogens is 1. The van der Waals surface area contributed by atoms with Gasteiger partial charge in [-0.2, -0.15) is 0 Å². The number of benzene rings is 1. The number of Topliss-reactive ketones (excluding diaryl/α,β-unsaturated/α-hetero) is 1. The molecule has 3 nitrogen and oxygen atoms in total. The normalized spacial score (nSPS) is 10.8. The summed E-state index contributed by atoms with van der Waals surface area (Å²) in [7, 11) is 1.97. The molecule has 1 aromatic heterocycles. The molecule has 78 valence electrons. The van der Waals surface area contributed by atoms with Crippen LogP contribution in [-0.4, -0.2) is 16.9 Å². The van der Waals surface area contributed by atoms with Gasteiger partial charge in [-0.25, -0.2) is 0 Å². The maximum atomic E-state index is 11.8. The Kier molecular flexibility index (Phi) is 2.56. The van der Waals surface area contributed by atoms with Crippen molar-refractivity contribution in [2.45, 2.75) is 6.42 Å². The first-order chi connectivity index (χ1) is 7.24. The third-order valence-corrected chi connectivity index (χ3v) is 2.60. The lowest BCUT2D eigenvalue weighted by molar-refractivity contribution is 0.0987. The van der Waals surface area contributed by atoms with Gasteiger partial charge in [0, 0.05) is 36.1 Å². The highest BCUT2D eigenvalue weighted by Crippen LogP contribution is 2.20. The van der Waals surface area contributed by atoms with Crippen LogP contribution in [0, 0.1) is 0 Å². The van der Waals surface area contributed by atoms with Gasteiger partial charge in [-0.05, 0) is 18.7 Å². The molecule has 0 aliphatic rings. The summed E-state index contributed by atoms with van der Waals surface area (Å²) in [4.78, 5) is 11.8. The lowest BCUT2D eigenvalue weighted by Crippen LogP contribution is -2.08. The summed E-state index contributed by atoms with van der Waals surface area (Å²) < 4.78 is 2.01. The Morgan fingerprint density at radius 3 is 2.93 bits per heavy atom. The Hall–Kier alpha value is -1.61. The number of hydrogen-bond acceptors (Lipinski definition) is 2. The number of fused-ring (bicyclic) bond motifs is 1. The van der Waals surface area contributed by atoms with Gasteiger partial charge in [0.2, 0.25) is 0 Å². The number of nitrogens with zero attached hydrogens (tertiary/aromatic N) is 1. The van der Waals surface area contributed by atoms with Crippen LogP contribution in [0.2, 0.25) is 0 Å². The fourth-order valence-corrected chi connectivity index (χ4v) is 1.81. The van der Waals surface area contributed by atoms with E-state index in [-0.39, 0.29) is 5.78 Å². The van der Waals surface area contributed by atoms with E-state index < -0.39 is 0 Å². The summed E-state index contributed by atoms with van der Waals surface area (Å²) >= 11 is 0. The van der Waals surface area contributed by atoms with Crippen molar-refractivity contribution in [3.8, 4) is 0 Å². The molecule has 15 heavy (non-hydrogen) atoms. The van der Waals surface area contributed by atoms with Crippen molar-refractivity contribution < 1.29 is 4.79 Å². The molecule has 2 rings (SSSR count). The van der Waals surface area contributed by atoms with E-state index in [1.165, 1.54) is 0 Å². The van der Waals surface area contributed by atoms with Crippen LogP contribution >= 0.6 is 0 Å². The molecule has 0 spiro atoms. The predicted molar refractivity (Wildman–Crippen MR) is 60.9 cm³/mol. The van der Waals surface area contributed by atoms with Gasteiger partial charge in [0.25, 0.3) is 0 Å². The first-order valence-electron chi connectivity index (χ1n) is 5.01. The van der Waals surface area contributed by atoms with E-state index in [1.54, 1.807) is 0 Å². The SMILES string of the molecule is Cn1ccc2c(C(=O)CCN)cccc21. The molecule has 0 saturated heterocycles. The summed E-state index contributed by atoms with van der Waals surface area (Å²) in [5.74, 6) is 0.120. The minimum absolute atomic E-state index is 0.120. The molecule has 0 aliphatic carbocycles. The zero-order valence-corrected chi connectivity index (χ0v) is 8.73. The minimum Gasteiger partial charge on any atom is -0.351 e. The summed E-state index contributed by atoms with van der Waals surface area (Å²) in [6.07, 6.45) is 2.37. The molecule has 2 aromatic rings. The Bertz CT molecular complexity index is 499. The second kappa shape index (κ2) is 3.87. The number of carbonyl (C=O) groups excluding carboxylic acids is 1. The van der Waals surface area contributed by atoms with Crippen LogP contribution in [0.1, 0.15) is 16.8 Å². The van der Waals surface area contributed by atoms with E-state index in [2.05, 4.69) is 0 Å². The lowest BCUT2D eigenvalue weighted by Gasteiger charge is -2.02. The highest BCUT2D eigenvalue weighted by atomic mass is 16.1.